The van der Waals surface area contributed by atoms with Crippen molar-refractivity contribution in [2.75, 3.05) is 24.3 Å². The number of hydrogen-bond acceptors (Lipinski definition) is 6. The second kappa shape index (κ2) is 9.17. The average molecular weight is 414 g/mol. The summed E-state index contributed by atoms with van der Waals surface area (Å²) in [4.78, 5) is 14.7. The van der Waals surface area contributed by atoms with Crippen LogP contribution in [0.15, 0.2) is 52.2 Å². The Morgan fingerprint density at radius 3 is 2.48 bits per heavy atom. The van der Waals surface area contributed by atoms with Crippen molar-refractivity contribution < 1.29 is 9.21 Å². The third kappa shape index (κ3) is 5.20. The summed E-state index contributed by atoms with van der Waals surface area (Å²) in [6.45, 7) is 6.88. The van der Waals surface area contributed by atoms with Crippen LogP contribution >= 0.6 is 11.8 Å². The molecule has 3 aromatic rings. The van der Waals surface area contributed by atoms with Gasteiger partial charge in [-0.1, -0.05) is 25.6 Å². The molecule has 0 saturated heterocycles. The van der Waals surface area contributed by atoms with Crippen LogP contribution in [-0.4, -0.2) is 40.0 Å². The van der Waals surface area contributed by atoms with Gasteiger partial charge in [-0.2, -0.15) is 0 Å². The number of rotatable bonds is 8. The van der Waals surface area contributed by atoms with Gasteiger partial charge in [0.15, 0.2) is 16.7 Å². The second-order valence-electron chi connectivity index (χ2n) is 7.48. The van der Waals surface area contributed by atoms with Crippen molar-refractivity contribution in [3.63, 3.8) is 0 Å². The number of carbonyl (C=O) groups is 1. The minimum Gasteiger partial charge on any atom is -0.461 e. The summed E-state index contributed by atoms with van der Waals surface area (Å²) >= 11 is 1.39. The lowest BCUT2D eigenvalue weighted by Crippen LogP contribution is -2.23. The zero-order valence-electron chi connectivity index (χ0n) is 17.4. The molecular weight excluding hydrogens is 386 g/mol. The summed E-state index contributed by atoms with van der Waals surface area (Å²) in [5.74, 6) is 1.67. The molecule has 0 radical (unpaired) electrons. The van der Waals surface area contributed by atoms with Gasteiger partial charge in [0.1, 0.15) is 0 Å². The number of benzene rings is 1. The molecule has 0 aliphatic heterocycles. The molecule has 7 nitrogen and oxygen atoms in total. The second-order valence-corrected chi connectivity index (χ2v) is 8.79. The van der Waals surface area contributed by atoms with Crippen LogP contribution in [-0.2, 0) is 11.3 Å². The van der Waals surface area contributed by atoms with Crippen molar-refractivity contribution in [1.29, 1.82) is 0 Å². The maximum absolute atomic E-state index is 12.7. The van der Waals surface area contributed by atoms with Crippen LogP contribution in [0.5, 0.6) is 0 Å². The fraction of sp³-hybridized carbons (Fsp3) is 0.381. The smallest absolute Gasteiger partial charge is 0.237 e. The molecule has 8 heteroatoms. The number of thioether (sulfide) groups is 1. The minimum absolute atomic E-state index is 0.0775. The first-order valence-electron chi connectivity index (χ1n) is 9.57. The normalized spacial score (nSPS) is 12.2. The van der Waals surface area contributed by atoms with Gasteiger partial charge in [0.2, 0.25) is 5.91 Å². The maximum atomic E-state index is 12.7. The molecule has 0 saturated carbocycles. The average Bonchev–Trinajstić information content (AvgIpc) is 3.32. The Kier molecular flexibility index (Phi) is 6.64. The number of furan rings is 1. The number of anilines is 2. The van der Waals surface area contributed by atoms with E-state index in [9.17, 15) is 4.79 Å². The summed E-state index contributed by atoms with van der Waals surface area (Å²) < 4.78 is 7.52. The van der Waals surface area contributed by atoms with E-state index in [1.54, 1.807) is 6.26 Å². The summed E-state index contributed by atoms with van der Waals surface area (Å²) in [6, 6.07) is 11.4. The predicted octanol–water partition coefficient (Wildman–Crippen LogP) is 4.38. The zero-order valence-corrected chi connectivity index (χ0v) is 18.2. The van der Waals surface area contributed by atoms with E-state index >= 15 is 0 Å². The van der Waals surface area contributed by atoms with Crippen LogP contribution in [0.3, 0.4) is 0 Å². The Bertz CT molecular complexity index is 933. The van der Waals surface area contributed by atoms with Gasteiger partial charge in [-0.25, -0.2) is 0 Å². The van der Waals surface area contributed by atoms with E-state index in [0.29, 0.717) is 22.7 Å². The third-order valence-corrected chi connectivity index (χ3v) is 5.39. The van der Waals surface area contributed by atoms with E-state index < -0.39 is 0 Å². The van der Waals surface area contributed by atoms with Gasteiger partial charge in [0.05, 0.1) is 11.5 Å². The lowest BCUT2D eigenvalue weighted by molar-refractivity contribution is -0.115. The number of amides is 1. The van der Waals surface area contributed by atoms with Crippen molar-refractivity contribution in [2.45, 2.75) is 37.7 Å². The molecule has 0 fully saturated rings. The molecule has 1 N–H and O–H groups in total. The molecular formula is C21H27N5O2S. The molecule has 0 aliphatic rings. The Labute approximate surface area is 175 Å². The number of aromatic nitrogens is 3. The summed E-state index contributed by atoms with van der Waals surface area (Å²) in [5, 5.41) is 12.0. The van der Waals surface area contributed by atoms with Gasteiger partial charge in [-0.3, -0.25) is 9.36 Å². The molecule has 1 unspecified atom stereocenters. The van der Waals surface area contributed by atoms with E-state index in [2.05, 4.69) is 29.4 Å². The van der Waals surface area contributed by atoms with Crippen LogP contribution in [0, 0.1) is 5.92 Å². The first kappa shape index (κ1) is 21.0. The first-order chi connectivity index (χ1) is 13.8. The lowest BCUT2D eigenvalue weighted by atomic mass is 10.2. The highest BCUT2D eigenvalue weighted by molar-refractivity contribution is 8.00. The molecule has 0 spiro atoms. The highest BCUT2D eigenvalue weighted by Crippen LogP contribution is 2.28. The Balaban J connectivity index is 1.72. The monoisotopic (exact) mass is 413 g/mol. The van der Waals surface area contributed by atoms with E-state index in [1.165, 1.54) is 11.8 Å². The fourth-order valence-electron chi connectivity index (χ4n) is 2.79. The van der Waals surface area contributed by atoms with E-state index in [0.717, 1.165) is 17.9 Å². The van der Waals surface area contributed by atoms with E-state index in [4.69, 9.17) is 4.42 Å². The SMILES string of the molecule is CC(C)Cn1c(SC(C)C(=O)Nc2ccc(N(C)C)cc2)nnc1-c1ccco1. The van der Waals surface area contributed by atoms with E-state index in [1.807, 2.05) is 66.9 Å². The molecule has 3 rings (SSSR count). The van der Waals surface area contributed by atoms with Gasteiger partial charge in [0, 0.05) is 32.0 Å². The van der Waals surface area contributed by atoms with Gasteiger partial charge in [-0.05, 0) is 49.2 Å². The van der Waals surface area contributed by atoms with Gasteiger partial charge in [0.25, 0.3) is 0 Å². The van der Waals surface area contributed by atoms with Crippen LogP contribution in [0.2, 0.25) is 0 Å². The largest absolute Gasteiger partial charge is 0.461 e. The van der Waals surface area contributed by atoms with Crippen molar-refractivity contribution in [3.05, 3.63) is 42.7 Å². The van der Waals surface area contributed by atoms with E-state index in [-0.39, 0.29) is 11.2 Å². The highest BCUT2D eigenvalue weighted by Gasteiger charge is 2.22. The van der Waals surface area contributed by atoms with Gasteiger partial charge >= 0.3 is 0 Å². The molecule has 154 valence electrons. The molecule has 0 bridgehead atoms. The molecule has 1 atom stereocenters. The zero-order chi connectivity index (χ0) is 21.0. The molecule has 2 aromatic heterocycles. The minimum atomic E-state index is -0.330. The molecule has 2 heterocycles. The summed E-state index contributed by atoms with van der Waals surface area (Å²) in [7, 11) is 3.97. The number of carbonyl (C=O) groups excluding carboxylic acids is 1. The van der Waals surface area contributed by atoms with Gasteiger partial charge < -0.3 is 14.6 Å². The van der Waals surface area contributed by atoms with Crippen LogP contribution in [0.4, 0.5) is 11.4 Å². The molecule has 29 heavy (non-hydrogen) atoms. The van der Waals surface area contributed by atoms with Crippen LogP contribution in [0.1, 0.15) is 20.8 Å². The number of nitrogens with one attached hydrogen (secondary N) is 1. The van der Waals surface area contributed by atoms with Crippen molar-refractivity contribution in [3.8, 4) is 11.6 Å². The molecule has 1 aromatic carbocycles. The Morgan fingerprint density at radius 1 is 1.17 bits per heavy atom. The third-order valence-electron chi connectivity index (χ3n) is 4.31. The summed E-state index contributed by atoms with van der Waals surface area (Å²) in [5.41, 5.74) is 1.85. The quantitative estimate of drug-likeness (QED) is 0.552. The van der Waals surface area contributed by atoms with Crippen molar-refractivity contribution in [1.82, 2.24) is 14.8 Å². The Morgan fingerprint density at radius 2 is 1.90 bits per heavy atom. The van der Waals surface area contributed by atoms with Crippen LogP contribution < -0.4 is 10.2 Å². The molecule has 1 amide bonds. The van der Waals surface area contributed by atoms with Crippen molar-refractivity contribution >= 4 is 29.0 Å². The fourth-order valence-corrected chi connectivity index (χ4v) is 3.65. The topological polar surface area (TPSA) is 76.2 Å². The maximum Gasteiger partial charge on any atom is 0.237 e. The van der Waals surface area contributed by atoms with Gasteiger partial charge in [-0.15, -0.1) is 10.2 Å². The first-order valence-corrected chi connectivity index (χ1v) is 10.4. The molecule has 0 aliphatic carbocycles. The summed E-state index contributed by atoms with van der Waals surface area (Å²) in [6.07, 6.45) is 1.62. The number of nitrogens with zero attached hydrogens (tertiary/aromatic N) is 4. The Hall–Kier alpha value is -2.74. The van der Waals surface area contributed by atoms with Crippen molar-refractivity contribution in [2.24, 2.45) is 5.92 Å². The standard InChI is InChI=1S/C21H27N5O2S/c1-14(2)13-26-19(18-7-6-12-28-18)23-24-21(26)29-15(3)20(27)22-16-8-10-17(11-9-16)25(4)5/h6-12,14-15H,13H2,1-5H3,(H,22,27). The number of hydrogen-bond donors (Lipinski definition) is 1. The highest BCUT2D eigenvalue weighted by atomic mass is 32.2. The predicted molar refractivity (Wildman–Crippen MR) is 117 cm³/mol. The lowest BCUT2D eigenvalue weighted by Gasteiger charge is -2.16. The van der Waals surface area contributed by atoms with Crippen LogP contribution in [0.25, 0.3) is 11.6 Å².